The van der Waals surface area contributed by atoms with Gasteiger partial charge in [0.05, 0.1) is 5.60 Å². The zero-order valence-electron chi connectivity index (χ0n) is 16.0. The maximum absolute atomic E-state index is 10.7. The van der Waals surface area contributed by atoms with Crippen molar-refractivity contribution in [2.75, 3.05) is 6.54 Å². The molecule has 0 spiro atoms. The third-order valence-electron chi connectivity index (χ3n) is 5.08. The molecule has 2 nitrogen and oxygen atoms in total. The number of allylic oxidation sites excluding steroid dienone is 2. The van der Waals surface area contributed by atoms with E-state index in [1.54, 1.807) is 13.8 Å². The van der Waals surface area contributed by atoms with Crippen LogP contribution < -0.4 is 5.73 Å². The van der Waals surface area contributed by atoms with Crippen LogP contribution in [0, 0.1) is 18.8 Å². The summed E-state index contributed by atoms with van der Waals surface area (Å²) < 4.78 is 0. The first-order chi connectivity index (χ1) is 11.6. The Hall–Kier alpha value is -1.58. The second-order valence-corrected chi connectivity index (χ2v) is 7.80. The third-order valence-corrected chi connectivity index (χ3v) is 5.08. The van der Waals surface area contributed by atoms with Crippen molar-refractivity contribution in [1.29, 1.82) is 0 Å². The Morgan fingerprint density at radius 1 is 1.36 bits per heavy atom. The lowest BCUT2D eigenvalue weighted by Gasteiger charge is -2.26. The minimum absolute atomic E-state index is 0.359. The topological polar surface area (TPSA) is 46.2 Å². The van der Waals surface area contributed by atoms with Crippen molar-refractivity contribution >= 4 is 13.4 Å². The molecule has 25 heavy (non-hydrogen) atoms. The van der Waals surface area contributed by atoms with Gasteiger partial charge in [0.25, 0.3) is 0 Å². The van der Waals surface area contributed by atoms with E-state index in [1.807, 2.05) is 37.3 Å². The van der Waals surface area contributed by atoms with E-state index in [0.717, 1.165) is 11.1 Å². The predicted molar refractivity (Wildman–Crippen MR) is 108 cm³/mol. The number of aryl methyl sites for hydroxylation is 1. The Morgan fingerprint density at radius 2 is 1.92 bits per heavy atom. The molecule has 0 saturated heterocycles. The average molecular weight is 335 g/mol. The van der Waals surface area contributed by atoms with Crippen LogP contribution in [0.15, 0.2) is 53.5 Å². The lowest BCUT2D eigenvalue weighted by Crippen LogP contribution is -2.24. The number of rotatable bonds is 7. The van der Waals surface area contributed by atoms with Gasteiger partial charge in [-0.25, -0.2) is 0 Å². The van der Waals surface area contributed by atoms with Gasteiger partial charge in [-0.1, -0.05) is 53.5 Å². The van der Waals surface area contributed by atoms with E-state index in [2.05, 4.69) is 13.5 Å². The van der Waals surface area contributed by atoms with Crippen molar-refractivity contribution in [3.8, 4) is 0 Å². The number of benzene rings is 1. The second kappa shape index (κ2) is 7.76. The molecule has 1 aliphatic carbocycles. The van der Waals surface area contributed by atoms with Crippen LogP contribution in [-0.4, -0.2) is 25.1 Å². The second-order valence-electron chi connectivity index (χ2n) is 7.80. The highest BCUT2D eigenvalue weighted by Gasteiger charge is 2.32. The van der Waals surface area contributed by atoms with Crippen molar-refractivity contribution in [3.63, 3.8) is 0 Å². The fourth-order valence-corrected chi connectivity index (χ4v) is 3.24. The van der Waals surface area contributed by atoms with Gasteiger partial charge in [-0.05, 0) is 75.6 Å². The zero-order chi connectivity index (χ0) is 18.8. The van der Waals surface area contributed by atoms with Gasteiger partial charge < -0.3 is 10.8 Å². The number of hydrogen-bond donors (Lipinski definition) is 2. The van der Waals surface area contributed by atoms with Crippen LogP contribution in [-0.2, 0) is 0 Å². The van der Waals surface area contributed by atoms with E-state index in [4.69, 9.17) is 13.6 Å². The van der Waals surface area contributed by atoms with Crippen LogP contribution >= 0.6 is 0 Å². The van der Waals surface area contributed by atoms with Crippen molar-refractivity contribution in [2.24, 2.45) is 17.6 Å². The summed E-state index contributed by atoms with van der Waals surface area (Å²) in [5.41, 5.74) is 10.2. The number of nitrogens with two attached hydrogens (primary N) is 1. The van der Waals surface area contributed by atoms with Gasteiger partial charge in [-0.15, -0.1) is 0 Å². The molecule has 0 heterocycles. The molecule has 3 N–H and O–H groups in total. The molecular formula is C22H30BNO. The summed E-state index contributed by atoms with van der Waals surface area (Å²) in [6.45, 7) is 12.4. The highest BCUT2D eigenvalue weighted by molar-refractivity contribution is 6.31. The van der Waals surface area contributed by atoms with Crippen molar-refractivity contribution in [1.82, 2.24) is 0 Å². The van der Waals surface area contributed by atoms with Crippen LogP contribution in [0.4, 0.5) is 0 Å². The highest BCUT2D eigenvalue weighted by atomic mass is 16.3. The van der Waals surface area contributed by atoms with Crippen LogP contribution in [0.3, 0.4) is 0 Å². The van der Waals surface area contributed by atoms with E-state index in [-0.39, 0.29) is 0 Å². The largest absolute Gasteiger partial charge is 0.386 e. The highest BCUT2D eigenvalue weighted by Crippen LogP contribution is 2.41. The Morgan fingerprint density at radius 3 is 2.36 bits per heavy atom. The molecule has 1 saturated carbocycles. The van der Waals surface area contributed by atoms with Gasteiger partial charge in [-0.3, -0.25) is 0 Å². The summed E-state index contributed by atoms with van der Waals surface area (Å²) in [7, 11) is 6.44. The van der Waals surface area contributed by atoms with Gasteiger partial charge in [0.1, 0.15) is 7.85 Å². The maximum atomic E-state index is 10.7. The molecule has 0 bridgehead atoms. The first-order valence-corrected chi connectivity index (χ1v) is 9.02. The molecular weight excluding hydrogens is 305 g/mol. The molecule has 1 unspecified atom stereocenters. The summed E-state index contributed by atoms with van der Waals surface area (Å²) in [5, 5.41) is 10.7. The van der Waals surface area contributed by atoms with E-state index in [1.165, 1.54) is 24.0 Å². The molecule has 1 fully saturated rings. The molecule has 1 atom stereocenters. The minimum atomic E-state index is -1.05. The summed E-state index contributed by atoms with van der Waals surface area (Å²) in [6, 6.07) is 8.10. The molecule has 0 amide bonds. The van der Waals surface area contributed by atoms with Gasteiger partial charge in [0.15, 0.2) is 0 Å². The predicted octanol–water partition coefficient (Wildman–Crippen LogP) is 4.13. The monoisotopic (exact) mass is 335 g/mol. The van der Waals surface area contributed by atoms with Gasteiger partial charge in [0.2, 0.25) is 0 Å². The Labute approximate surface area is 153 Å². The standard InChI is InChI=1S/C22H30BNO/c1-14-6-8-17(9-7-14)16(3)21(23)20(22(4,5)25)12-15(2)19(13-24)18-10-11-18/h6-9,12,18-19,25H,3,10-11,13,24H2,1-2,4-5H3/b15-12+,21-20-. The van der Waals surface area contributed by atoms with Crippen LogP contribution in [0.5, 0.6) is 0 Å². The SMILES string of the molecule is [B]/C(C(=C)c1ccc(C)cc1)=C(/C=C(\C)C(CN)C1CC1)C(C)(C)O. The van der Waals surface area contributed by atoms with Gasteiger partial charge in [0, 0.05) is 0 Å². The minimum Gasteiger partial charge on any atom is -0.386 e. The maximum Gasteiger partial charge on any atom is 0.115 e. The summed E-state index contributed by atoms with van der Waals surface area (Å²) in [5.74, 6) is 1.03. The lowest BCUT2D eigenvalue weighted by atomic mass is 9.76. The molecule has 0 aliphatic heterocycles. The van der Waals surface area contributed by atoms with Gasteiger partial charge >= 0.3 is 0 Å². The first-order valence-electron chi connectivity index (χ1n) is 9.02. The Bertz CT molecular complexity index is 688. The van der Waals surface area contributed by atoms with Crippen LogP contribution in [0.1, 0.15) is 44.7 Å². The lowest BCUT2D eigenvalue weighted by molar-refractivity contribution is 0.123. The molecule has 132 valence electrons. The molecule has 2 rings (SSSR count). The van der Waals surface area contributed by atoms with E-state index in [0.29, 0.717) is 29.4 Å². The summed E-state index contributed by atoms with van der Waals surface area (Å²) >= 11 is 0. The Kier molecular flexibility index (Phi) is 6.13. The average Bonchev–Trinajstić information content (AvgIpc) is 3.36. The molecule has 0 aromatic heterocycles. The van der Waals surface area contributed by atoms with E-state index < -0.39 is 5.60 Å². The van der Waals surface area contributed by atoms with Crippen molar-refractivity contribution < 1.29 is 5.11 Å². The van der Waals surface area contributed by atoms with Crippen molar-refractivity contribution in [2.45, 2.75) is 46.1 Å². The molecule has 1 aliphatic rings. The van der Waals surface area contributed by atoms with Crippen molar-refractivity contribution in [3.05, 3.63) is 64.7 Å². The quantitative estimate of drug-likeness (QED) is 0.581. The molecule has 3 heteroatoms. The van der Waals surface area contributed by atoms with E-state index >= 15 is 0 Å². The third kappa shape index (κ3) is 4.96. The van der Waals surface area contributed by atoms with Crippen LogP contribution in [0.2, 0.25) is 0 Å². The fraction of sp³-hybridized carbons (Fsp3) is 0.455. The number of hydrogen-bond acceptors (Lipinski definition) is 2. The van der Waals surface area contributed by atoms with E-state index in [9.17, 15) is 5.11 Å². The normalized spacial score (nSPS) is 17.9. The fourth-order valence-electron chi connectivity index (χ4n) is 3.24. The Balaban J connectivity index is 2.42. The smallest absolute Gasteiger partial charge is 0.115 e. The summed E-state index contributed by atoms with van der Waals surface area (Å²) in [6.07, 6.45) is 4.49. The molecule has 2 radical (unpaired) electrons. The van der Waals surface area contributed by atoms with Crippen LogP contribution in [0.25, 0.3) is 5.57 Å². The first kappa shape index (κ1) is 19.7. The zero-order valence-corrected chi connectivity index (χ0v) is 16.0. The molecule has 1 aromatic rings. The number of aliphatic hydroxyl groups is 1. The summed E-state index contributed by atoms with van der Waals surface area (Å²) in [4.78, 5) is 0. The molecule has 1 aromatic carbocycles. The van der Waals surface area contributed by atoms with Gasteiger partial charge in [-0.2, -0.15) is 0 Å².